The van der Waals surface area contributed by atoms with E-state index >= 15 is 0 Å². The molecule has 1 unspecified atom stereocenters. The predicted molar refractivity (Wildman–Crippen MR) is 87.1 cm³/mol. The van der Waals surface area contributed by atoms with Gasteiger partial charge in [-0.1, -0.05) is 19.3 Å². The van der Waals surface area contributed by atoms with Crippen LogP contribution < -0.4 is 5.32 Å². The number of likely N-dealkylation sites (tertiary alicyclic amines) is 1. The van der Waals surface area contributed by atoms with E-state index in [9.17, 15) is 13.2 Å². The average Bonchev–Trinajstić information content (AvgIpc) is 2.46. The fourth-order valence-electron chi connectivity index (χ4n) is 3.47. The molecule has 1 N–H and O–H groups in total. The van der Waals surface area contributed by atoms with Crippen molar-refractivity contribution >= 4 is 15.9 Å². The van der Waals surface area contributed by atoms with Gasteiger partial charge in [0.25, 0.3) is 0 Å². The molecule has 0 aromatic rings. The lowest BCUT2D eigenvalue weighted by Gasteiger charge is -2.36. The van der Waals surface area contributed by atoms with Crippen LogP contribution in [0, 0.1) is 0 Å². The van der Waals surface area contributed by atoms with Crippen molar-refractivity contribution in [1.82, 2.24) is 14.5 Å². The second kappa shape index (κ2) is 7.75. The van der Waals surface area contributed by atoms with Gasteiger partial charge in [-0.2, -0.15) is 0 Å². The van der Waals surface area contributed by atoms with E-state index in [-0.39, 0.29) is 11.9 Å². The first-order chi connectivity index (χ1) is 10.4. The molecule has 2 rings (SSSR count). The van der Waals surface area contributed by atoms with Crippen LogP contribution in [0.4, 0.5) is 0 Å². The Balaban J connectivity index is 1.80. The van der Waals surface area contributed by atoms with Gasteiger partial charge in [0.1, 0.15) is 0 Å². The molecule has 0 spiro atoms. The van der Waals surface area contributed by atoms with Crippen molar-refractivity contribution < 1.29 is 13.2 Å². The quantitative estimate of drug-likeness (QED) is 0.809. The SMILES string of the molecule is CN(C1CCCN(CC(=O)NC2CCCCC2)C1)S(C)(=O)=O. The topological polar surface area (TPSA) is 69.7 Å². The van der Waals surface area contributed by atoms with Crippen LogP contribution in [0.5, 0.6) is 0 Å². The van der Waals surface area contributed by atoms with Crippen LogP contribution >= 0.6 is 0 Å². The van der Waals surface area contributed by atoms with Gasteiger partial charge in [0.2, 0.25) is 15.9 Å². The third-order valence-electron chi connectivity index (χ3n) is 4.86. The summed E-state index contributed by atoms with van der Waals surface area (Å²) in [5.74, 6) is 0.0783. The van der Waals surface area contributed by atoms with Crippen LogP contribution in [0.1, 0.15) is 44.9 Å². The van der Waals surface area contributed by atoms with E-state index in [1.54, 1.807) is 7.05 Å². The van der Waals surface area contributed by atoms with E-state index < -0.39 is 10.0 Å². The zero-order chi connectivity index (χ0) is 16.2. The number of nitrogens with one attached hydrogen (secondary N) is 1. The maximum atomic E-state index is 12.2. The Labute approximate surface area is 134 Å². The second-order valence-electron chi connectivity index (χ2n) is 6.71. The summed E-state index contributed by atoms with van der Waals surface area (Å²) in [5, 5.41) is 3.13. The first-order valence-corrected chi connectivity index (χ1v) is 10.2. The fraction of sp³-hybridized carbons (Fsp3) is 0.933. The van der Waals surface area contributed by atoms with E-state index in [0.717, 1.165) is 32.2 Å². The highest BCUT2D eigenvalue weighted by Crippen LogP contribution is 2.18. The molecule has 2 aliphatic rings. The highest BCUT2D eigenvalue weighted by Gasteiger charge is 2.29. The molecule has 1 aliphatic heterocycles. The minimum Gasteiger partial charge on any atom is -0.352 e. The van der Waals surface area contributed by atoms with E-state index in [4.69, 9.17) is 0 Å². The van der Waals surface area contributed by atoms with Gasteiger partial charge in [-0.15, -0.1) is 0 Å². The molecule has 7 heteroatoms. The first kappa shape index (κ1) is 17.7. The molecule has 1 saturated carbocycles. The zero-order valence-electron chi connectivity index (χ0n) is 13.8. The summed E-state index contributed by atoms with van der Waals surface area (Å²) in [7, 11) is -1.54. The maximum absolute atomic E-state index is 12.2. The number of likely N-dealkylation sites (N-methyl/N-ethyl adjacent to an activating group) is 1. The smallest absolute Gasteiger partial charge is 0.234 e. The Bertz CT molecular complexity index is 474. The highest BCUT2D eigenvalue weighted by molar-refractivity contribution is 7.88. The Morgan fingerprint density at radius 1 is 1.18 bits per heavy atom. The Kier molecular flexibility index (Phi) is 6.23. The summed E-state index contributed by atoms with van der Waals surface area (Å²) in [6.45, 7) is 1.89. The first-order valence-electron chi connectivity index (χ1n) is 8.31. The van der Waals surface area contributed by atoms with Crippen molar-refractivity contribution in [2.24, 2.45) is 0 Å². The molecular weight excluding hydrogens is 302 g/mol. The average molecular weight is 331 g/mol. The summed E-state index contributed by atoms with van der Waals surface area (Å²) in [6, 6.07) is 0.312. The lowest BCUT2D eigenvalue weighted by molar-refractivity contribution is -0.123. The van der Waals surface area contributed by atoms with Crippen LogP contribution in [-0.4, -0.2) is 68.6 Å². The number of hydrogen-bond acceptors (Lipinski definition) is 4. The molecule has 0 radical (unpaired) electrons. The molecule has 128 valence electrons. The predicted octanol–water partition coefficient (Wildman–Crippen LogP) is 0.791. The van der Waals surface area contributed by atoms with Crippen LogP contribution in [0.3, 0.4) is 0 Å². The molecule has 0 aromatic carbocycles. The molecule has 1 amide bonds. The molecule has 1 saturated heterocycles. The molecule has 1 atom stereocenters. The van der Waals surface area contributed by atoms with Gasteiger partial charge in [0.15, 0.2) is 0 Å². The van der Waals surface area contributed by atoms with Crippen molar-refractivity contribution in [1.29, 1.82) is 0 Å². The Morgan fingerprint density at radius 3 is 2.50 bits per heavy atom. The molecular formula is C15H29N3O3S. The van der Waals surface area contributed by atoms with E-state index in [2.05, 4.69) is 10.2 Å². The van der Waals surface area contributed by atoms with E-state index in [1.807, 2.05) is 0 Å². The van der Waals surface area contributed by atoms with Gasteiger partial charge in [-0.05, 0) is 32.2 Å². The Morgan fingerprint density at radius 2 is 1.86 bits per heavy atom. The van der Waals surface area contributed by atoms with Crippen molar-refractivity contribution in [3.63, 3.8) is 0 Å². The van der Waals surface area contributed by atoms with Gasteiger partial charge >= 0.3 is 0 Å². The number of carbonyl (C=O) groups is 1. The number of hydrogen-bond donors (Lipinski definition) is 1. The maximum Gasteiger partial charge on any atom is 0.234 e. The van der Waals surface area contributed by atoms with E-state index in [0.29, 0.717) is 19.1 Å². The molecule has 2 fully saturated rings. The minimum absolute atomic E-state index is 0.0220. The van der Waals surface area contributed by atoms with Crippen LogP contribution in [0.25, 0.3) is 0 Å². The summed E-state index contributed by atoms with van der Waals surface area (Å²) in [6.07, 6.45) is 8.90. The van der Waals surface area contributed by atoms with Gasteiger partial charge in [0.05, 0.1) is 12.8 Å². The molecule has 0 aromatic heterocycles. The summed E-state index contributed by atoms with van der Waals surface area (Å²) in [5.41, 5.74) is 0. The van der Waals surface area contributed by atoms with E-state index in [1.165, 1.54) is 29.8 Å². The fourth-order valence-corrected chi connectivity index (χ4v) is 4.18. The second-order valence-corrected chi connectivity index (χ2v) is 8.75. The molecule has 22 heavy (non-hydrogen) atoms. The number of piperidine rings is 1. The van der Waals surface area contributed by atoms with Gasteiger partial charge in [-0.25, -0.2) is 12.7 Å². The third kappa shape index (κ3) is 5.21. The van der Waals surface area contributed by atoms with Crippen molar-refractivity contribution in [2.75, 3.05) is 32.9 Å². The number of rotatable bonds is 5. The number of nitrogens with zero attached hydrogens (tertiary/aromatic N) is 2. The van der Waals surface area contributed by atoms with Crippen LogP contribution in [-0.2, 0) is 14.8 Å². The van der Waals surface area contributed by atoms with Crippen LogP contribution in [0.2, 0.25) is 0 Å². The molecule has 1 heterocycles. The van der Waals surface area contributed by atoms with Gasteiger partial charge in [0, 0.05) is 25.7 Å². The minimum atomic E-state index is -3.17. The summed E-state index contributed by atoms with van der Waals surface area (Å²) in [4.78, 5) is 14.2. The van der Waals surface area contributed by atoms with Crippen molar-refractivity contribution in [3.05, 3.63) is 0 Å². The molecule has 0 bridgehead atoms. The lowest BCUT2D eigenvalue weighted by Crippen LogP contribution is -2.51. The van der Waals surface area contributed by atoms with Crippen LogP contribution in [0.15, 0.2) is 0 Å². The largest absolute Gasteiger partial charge is 0.352 e. The monoisotopic (exact) mass is 331 g/mol. The van der Waals surface area contributed by atoms with Crippen molar-refractivity contribution in [2.45, 2.75) is 57.0 Å². The standard InChI is InChI=1S/C15H29N3O3S/c1-17(22(2,20)21)14-9-6-10-18(11-14)12-15(19)16-13-7-4-3-5-8-13/h13-14H,3-12H2,1-2H3,(H,16,19). The lowest BCUT2D eigenvalue weighted by atomic mass is 9.95. The molecule has 6 nitrogen and oxygen atoms in total. The highest BCUT2D eigenvalue weighted by atomic mass is 32.2. The number of sulfonamides is 1. The normalized spacial score (nSPS) is 25.3. The number of amides is 1. The third-order valence-corrected chi connectivity index (χ3v) is 6.20. The van der Waals surface area contributed by atoms with Crippen molar-refractivity contribution in [3.8, 4) is 0 Å². The Hall–Kier alpha value is -0.660. The summed E-state index contributed by atoms with van der Waals surface area (Å²) >= 11 is 0. The van der Waals surface area contributed by atoms with Gasteiger partial charge in [-0.3, -0.25) is 9.69 Å². The summed E-state index contributed by atoms with van der Waals surface area (Å²) < 4.78 is 24.7. The molecule has 1 aliphatic carbocycles. The number of carbonyl (C=O) groups excluding carboxylic acids is 1. The van der Waals surface area contributed by atoms with Gasteiger partial charge < -0.3 is 5.32 Å². The zero-order valence-corrected chi connectivity index (χ0v) is 14.6.